The van der Waals surface area contributed by atoms with E-state index in [-0.39, 0.29) is 59.8 Å². The average molecular weight is 428 g/mol. The molecule has 1 heterocycles. The summed E-state index contributed by atoms with van der Waals surface area (Å²) in [7, 11) is 1.26. The molecule has 3 rings (SSSR count). The Morgan fingerprint density at radius 2 is 1.90 bits per heavy atom. The van der Waals surface area contributed by atoms with Gasteiger partial charge in [-0.2, -0.15) is 0 Å². The Bertz CT molecular complexity index is 1010. The number of phenolic OH excluding ortho intramolecular Hbond substituents is 3. The summed E-state index contributed by atoms with van der Waals surface area (Å²) in [6.45, 7) is 3.74. The topological polar surface area (TPSA) is 134 Å². The Kier molecular flexibility index (Phi) is 6.50. The molecule has 0 spiro atoms. The lowest BCUT2D eigenvalue weighted by atomic mass is 9.91. The standard InChI is InChI=1S/C23H24O8/c1-12(3-8-21(28)30-2)16(25)9-15-17(26)10-20-22(23(15)29)18(27)11-19(31-20)13-4-6-14(24)7-5-13/h4-7,10,16,19,24-26,29H,1,3,8-9,11H2,2H3. The fourth-order valence-corrected chi connectivity index (χ4v) is 3.45. The van der Waals surface area contributed by atoms with Crippen molar-refractivity contribution in [1.82, 2.24) is 0 Å². The monoisotopic (exact) mass is 428 g/mol. The van der Waals surface area contributed by atoms with Crippen LogP contribution in [0.2, 0.25) is 0 Å². The van der Waals surface area contributed by atoms with Crippen LogP contribution in [0, 0.1) is 0 Å². The number of esters is 1. The molecule has 8 nitrogen and oxygen atoms in total. The summed E-state index contributed by atoms with van der Waals surface area (Å²) in [6.07, 6.45) is -1.79. The van der Waals surface area contributed by atoms with Crippen molar-refractivity contribution < 1.29 is 39.5 Å². The van der Waals surface area contributed by atoms with Crippen LogP contribution in [0.4, 0.5) is 0 Å². The number of aromatic hydroxyl groups is 3. The molecule has 31 heavy (non-hydrogen) atoms. The summed E-state index contributed by atoms with van der Waals surface area (Å²) in [4.78, 5) is 24.0. The van der Waals surface area contributed by atoms with E-state index in [0.717, 1.165) is 0 Å². The molecule has 0 saturated heterocycles. The van der Waals surface area contributed by atoms with E-state index in [1.54, 1.807) is 12.1 Å². The fraction of sp³-hybridized carbons (Fsp3) is 0.304. The van der Waals surface area contributed by atoms with Gasteiger partial charge >= 0.3 is 5.97 Å². The quantitative estimate of drug-likeness (QED) is 0.391. The normalized spacial score (nSPS) is 16.2. The maximum absolute atomic E-state index is 12.7. The van der Waals surface area contributed by atoms with Crippen LogP contribution in [-0.4, -0.2) is 45.4 Å². The van der Waals surface area contributed by atoms with Crippen LogP contribution in [0.25, 0.3) is 0 Å². The van der Waals surface area contributed by atoms with Crippen molar-refractivity contribution in [3.8, 4) is 23.0 Å². The largest absolute Gasteiger partial charge is 0.508 e. The molecule has 2 atom stereocenters. The van der Waals surface area contributed by atoms with E-state index in [1.165, 1.54) is 25.3 Å². The highest BCUT2D eigenvalue weighted by atomic mass is 16.5. The highest BCUT2D eigenvalue weighted by Crippen LogP contribution is 2.45. The van der Waals surface area contributed by atoms with Crippen LogP contribution in [0.3, 0.4) is 0 Å². The molecular weight excluding hydrogens is 404 g/mol. The first-order chi connectivity index (χ1) is 14.7. The van der Waals surface area contributed by atoms with Gasteiger partial charge in [0.1, 0.15) is 34.7 Å². The third-order valence-electron chi connectivity index (χ3n) is 5.28. The Balaban J connectivity index is 1.81. The minimum atomic E-state index is -1.15. The van der Waals surface area contributed by atoms with Gasteiger partial charge in [-0.15, -0.1) is 0 Å². The number of ketones is 1. The molecule has 1 aliphatic heterocycles. The third-order valence-corrected chi connectivity index (χ3v) is 5.28. The number of rotatable bonds is 7. The number of aliphatic hydroxyl groups excluding tert-OH is 1. The van der Waals surface area contributed by atoms with Gasteiger partial charge in [0.05, 0.1) is 19.6 Å². The summed E-state index contributed by atoms with van der Waals surface area (Å²) in [5, 5.41) is 40.9. The average Bonchev–Trinajstić information content (AvgIpc) is 2.74. The van der Waals surface area contributed by atoms with Gasteiger partial charge < -0.3 is 29.9 Å². The van der Waals surface area contributed by atoms with E-state index in [4.69, 9.17) is 4.74 Å². The van der Waals surface area contributed by atoms with Gasteiger partial charge in [-0.05, 0) is 29.7 Å². The molecule has 8 heteroatoms. The van der Waals surface area contributed by atoms with Crippen LogP contribution in [0.15, 0.2) is 42.5 Å². The van der Waals surface area contributed by atoms with E-state index in [9.17, 15) is 30.0 Å². The Morgan fingerprint density at radius 3 is 2.55 bits per heavy atom. The van der Waals surface area contributed by atoms with Crippen molar-refractivity contribution in [2.45, 2.75) is 37.9 Å². The number of methoxy groups -OCH3 is 1. The predicted octanol–water partition coefficient (Wildman–Crippen LogP) is 2.92. The first-order valence-electron chi connectivity index (χ1n) is 9.70. The highest BCUT2D eigenvalue weighted by Gasteiger charge is 2.33. The van der Waals surface area contributed by atoms with Crippen molar-refractivity contribution in [2.24, 2.45) is 0 Å². The number of ether oxygens (including phenoxy) is 2. The van der Waals surface area contributed by atoms with Crippen molar-refractivity contribution in [3.05, 3.63) is 59.2 Å². The van der Waals surface area contributed by atoms with Crippen LogP contribution in [0.5, 0.6) is 23.0 Å². The highest BCUT2D eigenvalue weighted by molar-refractivity contribution is 6.03. The smallest absolute Gasteiger partial charge is 0.305 e. The Labute approximate surface area is 179 Å². The molecule has 0 amide bonds. The lowest BCUT2D eigenvalue weighted by Gasteiger charge is -2.27. The summed E-state index contributed by atoms with van der Waals surface area (Å²) in [5.74, 6) is -1.50. The van der Waals surface area contributed by atoms with E-state index in [1.807, 2.05) is 0 Å². The Morgan fingerprint density at radius 1 is 1.23 bits per heavy atom. The third kappa shape index (κ3) is 4.80. The van der Waals surface area contributed by atoms with Crippen LogP contribution in [0.1, 0.15) is 46.9 Å². The van der Waals surface area contributed by atoms with Gasteiger partial charge in [0, 0.05) is 24.5 Å². The minimum absolute atomic E-state index is 0.00879. The number of hydrogen-bond acceptors (Lipinski definition) is 8. The summed E-state index contributed by atoms with van der Waals surface area (Å²) >= 11 is 0. The number of hydrogen-bond donors (Lipinski definition) is 4. The molecule has 0 aromatic heterocycles. The zero-order valence-electron chi connectivity index (χ0n) is 17.0. The van der Waals surface area contributed by atoms with Crippen molar-refractivity contribution >= 4 is 11.8 Å². The number of fused-ring (bicyclic) bond motifs is 1. The molecule has 164 valence electrons. The van der Waals surface area contributed by atoms with E-state index >= 15 is 0 Å². The molecular formula is C23H24O8. The molecule has 2 aromatic rings. The molecule has 2 aromatic carbocycles. The van der Waals surface area contributed by atoms with Gasteiger partial charge in [0.25, 0.3) is 0 Å². The second kappa shape index (κ2) is 9.09. The predicted molar refractivity (Wildman–Crippen MR) is 110 cm³/mol. The summed E-state index contributed by atoms with van der Waals surface area (Å²) in [5.41, 5.74) is 0.926. The number of benzene rings is 2. The van der Waals surface area contributed by atoms with E-state index in [2.05, 4.69) is 11.3 Å². The summed E-state index contributed by atoms with van der Waals surface area (Å²) < 4.78 is 10.4. The van der Waals surface area contributed by atoms with E-state index in [0.29, 0.717) is 11.1 Å². The summed E-state index contributed by atoms with van der Waals surface area (Å²) in [6, 6.07) is 7.44. The number of phenols is 3. The maximum atomic E-state index is 12.7. The van der Waals surface area contributed by atoms with Crippen LogP contribution >= 0.6 is 0 Å². The molecule has 0 radical (unpaired) electrons. The number of aliphatic hydroxyl groups is 1. The molecule has 1 aliphatic rings. The molecule has 0 aliphatic carbocycles. The number of Topliss-reactive ketones (excluding diaryl/α,β-unsaturated/α-hetero) is 1. The molecule has 4 N–H and O–H groups in total. The fourth-order valence-electron chi connectivity index (χ4n) is 3.45. The second-order valence-corrected chi connectivity index (χ2v) is 7.38. The number of carbonyl (C=O) groups excluding carboxylic acids is 2. The molecule has 0 saturated carbocycles. The SMILES string of the molecule is C=C(CCC(=O)OC)C(O)Cc1c(O)cc2c(c1O)C(=O)CC(c1ccc(O)cc1)O2. The van der Waals surface area contributed by atoms with Crippen molar-refractivity contribution in [1.29, 1.82) is 0 Å². The first kappa shape index (κ1) is 22.2. The Hall–Kier alpha value is -3.52. The lowest BCUT2D eigenvalue weighted by molar-refractivity contribution is -0.140. The minimum Gasteiger partial charge on any atom is -0.508 e. The molecule has 0 bridgehead atoms. The number of carbonyl (C=O) groups is 2. The second-order valence-electron chi connectivity index (χ2n) is 7.38. The maximum Gasteiger partial charge on any atom is 0.305 e. The van der Waals surface area contributed by atoms with Crippen LogP contribution in [-0.2, 0) is 16.0 Å². The van der Waals surface area contributed by atoms with Crippen molar-refractivity contribution in [3.63, 3.8) is 0 Å². The zero-order chi connectivity index (χ0) is 22.7. The van der Waals surface area contributed by atoms with Gasteiger partial charge in [-0.3, -0.25) is 9.59 Å². The van der Waals surface area contributed by atoms with Gasteiger partial charge in [0.2, 0.25) is 0 Å². The van der Waals surface area contributed by atoms with Gasteiger partial charge in [0.15, 0.2) is 5.78 Å². The zero-order valence-corrected chi connectivity index (χ0v) is 17.0. The van der Waals surface area contributed by atoms with Gasteiger partial charge in [-0.25, -0.2) is 0 Å². The van der Waals surface area contributed by atoms with E-state index < -0.39 is 23.9 Å². The first-order valence-corrected chi connectivity index (χ1v) is 9.70. The van der Waals surface area contributed by atoms with Crippen molar-refractivity contribution in [2.75, 3.05) is 7.11 Å². The molecule has 0 fully saturated rings. The lowest BCUT2D eigenvalue weighted by Crippen LogP contribution is -2.21. The van der Waals surface area contributed by atoms with Crippen LogP contribution < -0.4 is 4.74 Å². The molecule has 2 unspecified atom stereocenters. The van der Waals surface area contributed by atoms with Gasteiger partial charge in [-0.1, -0.05) is 18.7 Å².